The molecule has 1 aliphatic rings. The number of hydrogen-bond donors (Lipinski definition) is 0. The lowest BCUT2D eigenvalue weighted by atomic mass is 10.0. The van der Waals surface area contributed by atoms with Crippen molar-refractivity contribution < 1.29 is 22.6 Å². The molecule has 3 rings (SSSR count). The van der Waals surface area contributed by atoms with Gasteiger partial charge in [-0.1, -0.05) is 30.3 Å². The van der Waals surface area contributed by atoms with Gasteiger partial charge in [-0.3, -0.25) is 0 Å². The van der Waals surface area contributed by atoms with Crippen molar-refractivity contribution in [1.29, 1.82) is 0 Å². The maximum atomic E-state index is 13.5. The molecule has 0 bridgehead atoms. The van der Waals surface area contributed by atoms with Crippen molar-refractivity contribution in [1.82, 2.24) is 4.31 Å². The van der Waals surface area contributed by atoms with Crippen molar-refractivity contribution in [2.24, 2.45) is 0 Å². The number of methoxy groups -OCH3 is 2. The molecule has 0 N–H and O–H groups in total. The van der Waals surface area contributed by atoms with E-state index in [1.165, 1.54) is 24.6 Å². The van der Waals surface area contributed by atoms with Gasteiger partial charge >= 0.3 is 0 Å². The molecule has 0 aromatic heterocycles. The van der Waals surface area contributed by atoms with Crippen molar-refractivity contribution in [3.63, 3.8) is 0 Å². The van der Waals surface area contributed by atoms with Crippen LogP contribution in [0.5, 0.6) is 11.5 Å². The summed E-state index contributed by atoms with van der Waals surface area (Å²) in [5, 5.41) is 0. The molecular formula is C20H25NO5S. The third-order valence-corrected chi connectivity index (χ3v) is 6.87. The van der Waals surface area contributed by atoms with E-state index in [0.29, 0.717) is 12.4 Å². The molecule has 1 unspecified atom stereocenters. The zero-order valence-electron chi connectivity index (χ0n) is 16.0. The van der Waals surface area contributed by atoms with Crippen molar-refractivity contribution in [3.8, 4) is 11.5 Å². The molecule has 1 saturated heterocycles. The average Bonchev–Trinajstić information content (AvgIpc) is 2.67. The molecule has 0 amide bonds. The third kappa shape index (κ3) is 3.81. The maximum Gasteiger partial charge on any atom is 0.247 e. The van der Waals surface area contributed by atoms with Gasteiger partial charge in [0.15, 0.2) is 0 Å². The van der Waals surface area contributed by atoms with E-state index in [4.69, 9.17) is 14.2 Å². The van der Waals surface area contributed by atoms with E-state index in [1.54, 1.807) is 12.1 Å². The molecule has 1 aliphatic heterocycles. The van der Waals surface area contributed by atoms with Crippen molar-refractivity contribution in [2.75, 3.05) is 27.4 Å². The summed E-state index contributed by atoms with van der Waals surface area (Å²) in [6.07, 6.45) is -0.321. The standard InChI is InChI=1S/C20H25NO5S/c1-20(2)14-26-18(15-8-6-5-7-9-15)13-21(20)27(22,23)19-11-10-16(24-3)12-17(19)25-4/h5-12,18H,13-14H2,1-4H3. The predicted octanol–water partition coefficient (Wildman–Crippen LogP) is 3.24. The van der Waals surface area contributed by atoms with Gasteiger partial charge in [-0.15, -0.1) is 0 Å². The summed E-state index contributed by atoms with van der Waals surface area (Å²) < 4.78 is 45.0. The average molecular weight is 391 g/mol. The molecule has 0 radical (unpaired) electrons. The smallest absolute Gasteiger partial charge is 0.247 e. The highest BCUT2D eigenvalue weighted by Gasteiger charge is 2.44. The maximum absolute atomic E-state index is 13.5. The summed E-state index contributed by atoms with van der Waals surface area (Å²) in [5.41, 5.74) is 0.268. The molecule has 0 aliphatic carbocycles. The monoisotopic (exact) mass is 391 g/mol. The van der Waals surface area contributed by atoms with Crippen LogP contribution in [-0.2, 0) is 14.8 Å². The minimum absolute atomic E-state index is 0.118. The normalized spacial score (nSPS) is 20.2. The Morgan fingerprint density at radius 1 is 1.07 bits per heavy atom. The topological polar surface area (TPSA) is 65.1 Å². The van der Waals surface area contributed by atoms with E-state index in [1.807, 2.05) is 44.2 Å². The Balaban J connectivity index is 2.00. The first-order valence-electron chi connectivity index (χ1n) is 8.71. The van der Waals surface area contributed by atoms with Gasteiger partial charge in [0.2, 0.25) is 10.0 Å². The summed E-state index contributed by atoms with van der Waals surface area (Å²) >= 11 is 0. The fourth-order valence-corrected chi connectivity index (χ4v) is 5.14. The van der Waals surface area contributed by atoms with E-state index in [-0.39, 0.29) is 23.3 Å². The lowest BCUT2D eigenvalue weighted by Crippen LogP contribution is -2.56. The minimum atomic E-state index is -3.81. The number of sulfonamides is 1. The second-order valence-corrected chi connectivity index (χ2v) is 8.91. The van der Waals surface area contributed by atoms with E-state index in [0.717, 1.165) is 5.56 Å². The SMILES string of the molecule is COc1ccc(S(=O)(=O)N2CC(c3ccccc3)OCC2(C)C)c(OC)c1. The van der Waals surface area contributed by atoms with Gasteiger partial charge in [-0.25, -0.2) is 8.42 Å². The minimum Gasteiger partial charge on any atom is -0.497 e. The second-order valence-electron chi connectivity index (χ2n) is 7.08. The molecule has 1 heterocycles. The van der Waals surface area contributed by atoms with Gasteiger partial charge in [0.25, 0.3) is 0 Å². The summed E-state index contributed by atoms with van der Waals surface area (Å²) in [7, 11) is -0.830. The molecule has 2 aromatic carbocycles. The third-order valence-electron chi connectivity index (χ3n) is 4.75. The summed E-state index contributed by atoms with van der Waals surface area (Å²) in [6.45, 7) is 4.25. The highest BCUT2D eigenvalue weighted by atomic mass is 32.2. The van der Waals surface area contributed by atoms with Crippen molar-refractivity contribution >= 4 is 10.0 Å². The molecule has 0 spiro atoms. The molecule has 7 heteroatoms. The van der Waals surface area contributed by atoms with Crippen LogP contribution in [0.15, 0.2) is 53.4 Å². The second kappa shape index (κ2) is 7.50. The van der Waals surface area contributed by atoms with Crippen LogP contribution in [0.4, 0.5) is 0 Å². The van der Waals surface area contributed by atoms with Crippen LogP contribution in [0.3, 0.4) is 0 Å². The first kappa shape index (κ1) is 19.7. The quantitative estimate of drug-likeness (QED) is 0.783. The number of benzene rings is 2. The number of morpholine rings is 1. The number of hydrogen-bond acceptors (Lipinski definition) is 5. The van der Waals surface area contributed by atoms with Gasteiger partial charge in [0.05, 0.1) is 32.5 Å². The van der Waals surface area contributed by atoms with Gasteiger partial charge in [0, 0.05) is 12.6 Å². The molecular weight excluding hydrogens is 366 g/mol. The Morgan fingerprint density at radius 3 is 2.41 bits per heavy atom. The zero-order chi connectivity index (χ0) is 19.7. The van der Waals surface area contributed by atoms with E-state index in [9.17, 15) is 8.42 Å². The number of nitrogens with zero attached hydrogens (tertiary/aromatic N) is 1. The predicted molar refractivity (Wildman–Crippen MR) is 103 cm³/mol. The highest BCUT2D eigenvalue weighted by Crippen LogP contribution is 2.38. The molecule has 0 saturated carbocycles. The molecule has 146 valence electrons. The highest BCUT2D eigenvalue weighted by molar-refractivity contribution is 7.89. The van der Waals surface area contributed by atoms with Gasteiger partial charge in [0.1, 0.15) is 16.4 Å². The zero-order valence-corrected chi connectivity index (χ0v) is 16.8. The fourth-order valence-electron chi connectivity index (χ4n) is 3.23. The first-order valence-corrected chi connectivity index (χ1v) is 10.1. The van der Waals surface area contributed by atoms with Crippen LogP contribution in [0, 0.1) is 0 Å². The van der Waals surface area contributed by atoms with Crippen LogP contribution >= 0.6 is 0 Å². The lowest BCUT2D eigenvalue weighted by molar-refractivity contribution is -0.0655. The van der Waals surface area contributed by atoms with Crippen molar-refractivity contribution in [3.05, 3.63) is 54.1 Å². The van der Waals surface area contributed by atoms with Crippen LogP contribution in [0.1, 0.15) is 25.5 Å². The Hall–Kier alpha value is -2.09. The van der Waals surface area contributed by atoms with E-state index in [2.05, 4.69) is 0 Å². The number of ether oxygens (including phenoxy) is 3. The van der Waals surface area contributed by atoms with Crippen molar-refractivity contribution in [2.45, 2.75) is 30.4 Å². The van der Waals surface area contributed by atoms with Crippen LogP contribution in [0.25, 0.3) is 0 Å². The summed E-state index contributed by atoms with van der Waals surface area (Å²) in [6, 6.07) is 14.4. The molecule has 27 heavy (non-hydrogen) atoms. The van der Waals surface area contributed by atoms with E-state index < -0.39 is 15.6 Å². The largest absolute Gasteiger partial charge is 0.497 e. The summed E-state index contributed by atoms with van der Waals surface area (Å²) in [5.74, 6) is 0.794. The molecule has 1 atom stereocenters. The van der Waals surface area contributed by atoms with Gasteiger partial charge < -0.3 is 14.2 Å². The summed E-state index contributed by atoms with van der Waals surface area (Å²) in [4.78, 5) is 0.118. The van der Waals surface area contributed by atoms with Gasteiger partial charge in [-0.05, 0) is 31.5 Å². The Kier molecular flexibility index (Phi) is 5.46. The molecule has 1 fully saturated rings. The molecule has 2 aromatic rings. The van der Waals surface area contributed by atoms with Crippen LogP contribution in [-0.4, -0.2) is 45.6 Å². The van der Waals surface area contributed by atoms with Crippen LogP contribution in [0.2, 0.25) is 0 Å². The fraction of sp³-hybridized carbons (Fsp3) is 0.400. The Morgan fingerprint density at radius 2 is 1.78 bits per heavy atom. The van der Waals surface area contributed by atoms with Gasteiger partial charge in [-0.2, -0.15) is 4.31 Å². The Labute approximate surface area is 160 Å². The number of rotatable bonds is 5. The van der Waals surface area contributed by atoms with E-state index >= 15 is 0 Å². The Bertz CT molecular complexity index is 896. The van der Waals surface area contributed by atoms with Crippen LogP contribution < -0.4 is 9.47 Å². The molecule has 6 nitrogen and oxygen atoms in total. The lowest BCUT2D eigenvalue weighted by Gasteiger charge is -2.44. The first-order chi connectivity index (χ1) is 12.8.